The standard InChI is InChI=1S/C12H18ClN3O2/c1-18-6-4-2-3-5-15-12(17)10-7-9(14)8-16-11(10)13/h7-8H,2-6,14H2,1H3,(H,15,17). The zero-order valence-corrected chi connectivity index (χ0v) is 11.2. The van der Waals surface area contributed by atoms with Crippen molar-refractivity contribution in [3.8, 4) is 0 Å². The Bertz CT molecular complexity index is 399. The number of anilines is 1. The van der Waals surface area contributed by atoms with Gasteiger partial charge in [0.05, 0.1) is 17.4 Å². The number of hydrogen-bond acceptors (Lipinski definition) is 4. The number of nitrogens with zero attached hydrogens (tertiary/aromatic N) is 1. The summed E-state index contributed by atoms with van der Waals surface area (Å²) in [6.07, 6.45) is 4.33. The molecule has 5 nitrogen and oxygen atoms in total. The van der Waals surface area contributed by atoms with Gasteiger partial charge < -0.3 is 15.8 Å². The number of nitrogen functional groups attached to an aromatic ring is 1. The van der Waals surface area contributed by atoms with Crippen LogP contribution in [-0.2, 0) is 4.74 Å². The molecule has 100 valence electrons. The first-order valence-electron chi connectivity index (χ1n) is 5.83. The van der Waals surface area contributed by atoms with Crippen molar-refractivity contribution in [3.05, 3.63) is 23.0 Å². The molecule has 0 saturated heterocycles. The van der Waals surface area contributed by atoms with Gasteiger partial charge in [-0.05, 0) is 25.3 Å². The lowest BCUT2D eigenvalue weighted by molar-refractivity contribution is 0.0952. The number of methoxy groups -OCH3 is 1. The normalized spacial score (nSPS) is 10.3. The highest BCUT2D eigenvalue weighted by Crippen LogP contribution is 2.15. The van der Waals surface area contributed by atoms with Gasteiger partial charge in [0.15, 0.2) is 0 Å². The van der Waals surface area contributed by atoms with E-state index in [2.05, 4.69) is 10.3 Å². The molecule has 18 heavy (non-hydrogen) atoms. The number of nitrogens with two attached hydrogens (primary N) is 1. The van der Waals surface area contributed by atoms with E-state index in [0.717, 1.165) is 25.9 Å². The van der Waals surface area contributed by atoms with E-state index in [1.165, 1.54) is 12.3 Å². The number of ether oxygens (including phenoxy) is 1. The molecule has 1 aromatic heterocycles. The molecule has 0 bridgehead atoms. The van der Waals surface area contributed by atoms with Crippen LogP contribution in [0.3, 0.4) is 0 Å². The van der Waals surface area contributed by atoms with Crippen LogP contribution < -0.4 is 11.1 Å². The number of carbonyl (C=O) groups is 1. The monoisotopic (exact) mass is 271 g/mol. The summed E-state index contributed by atoms with van der Waals surface area (Å²) in [4.78, 5) is 15.6. The third-order valence-electron chi connectivity index (χ3n) is 2.42. The number of nitrogens with one attached hydrogen (secondary N) is 1. The number of halogens is 1. The first-order chi connectivity index (χ1) is 8.65. The molecule has 0 saturated carbocycles. The highest BCUT2D eigenvalue weighted by molar-refractivity contribution is 6.32. The average Bonchev–Trinajstić information content (AvgIpc) is 2.36. The molecule has 0 atom stereocenters. The van der Waals surface area contributed by atoms with Gasteiger partial charge in [0, 0.05) is 20.3 Å². The molecule has 0 unspecified atom stereocenters. The molecule has 0 aliphatic carbocycles. The predicted molar refractivity (Wildman–Crippen MR) is 71.7 cm³/mol. The van der Waals surface area contributed by atoms with Crippen LogP contribution in [0.2, 0.25) is 5.15 Å². The second-order valence-electron chi connectivity index (χ2n) is 3.92. The molecule has 0 spiro atoms. The summed E-state index contributed by atoms with van der Waals surface area (Å²) in [7, 11) is 1.68. The Balaban J connectivity index is 2.34. The van der Waals surface area contributed by atoms with E-state index in [0.29, 0.717) is 17.8 Å². The molecule has 3 N–H and O–H groups in total. The van der Waals surface area contributed by atoms with E-state index in [1.54, 1.807) is 7.11 Å². The highest BCUT2D eigenvalue weighted by Gasteiger charge is 2.10. The Kier molecular flexibility index (Phi) is 6.46. The average molecular weight is 272 g/mol. The summed E-state index contributed by atoms with van der Waals surface area (Å²) >= 11 is 5.83. The molecule has 1 amide bonds. The van der Waals surface area contributed by atoms with E-state index < -0.39 is 0 Å². The maximum absolute atomic E-state index is 11.8. The molecule has 0 aliphatic heterocycles. The molecular weight excluding hydrogens is 254 g/mol. The van der Waals surface area contributed by atoms with E-state index in [1.807, 2.05) is 0 Å². The lowest BCUT2D eigenvalue weighted by Crippen LogP contribution is -2.25. The summed E-state index contributed by atoms with van der Waals surface area (Å²) in [5.74, 6) is -0.244. The summed E-state index contributed by atoms with van der Waals surface area (Å²) in [6, 6.07) is 1.52. The number of unbranched alkanes of at least 4 members (excludes halogenated alkanes) is 2. The SMILES string of the molecule is COCCCCCNC(=O)c1cc(N)cnc1Cl. The quantitative estimate of drug-likeness (QED) is 0.586. The van der Waals surface area contributed by atoms with Gasteiger partial charge in [-0.2, -0.15) is 0 Å². The summed E-state index contributed by atoms with van der Waals surface area (Å²) in [5, 5.41) is 2.95. The fraction of sp³-hybridized carbons (Fsp3) is 0.500. The maximum atomic E-state index is 11.8. The van der Waals surface area contributed by atoms with Crippen molar-refractivity contribution in [1.82, 2.24) is 10.3 Å². The van der Waals surface area contributed by atoms with Crippen molar-refractivity contribution < 1.29 is 9.53 Å². The van der Waals surface area contributed by atoms with Crippen LogP contribution in [0, 0.1) is 0 Å². The Morgan fingerprint density at radius 1 is 1.50 bits per heavy atom. The van der Waals surface area contributed by atoms with Gasteiger partial charge in [-0.3, -0.25) is 4.79 Å². The Labute approximate surface area is 112 Å². The molecule has 1 rings (SSSR count). The number of amides is 1. The van der Waals surface area contributed by atoms with E-state index in [9.17, 15) is 4.79 Å². The van der Waals surface area contributed by atoms with Crippen molar-refractivity contribution in [2.24, 2.45) is 0 Å². The smallest absolute Gasteiger partial charge is 0.254 e. The fourth-order valence-electron chi connectivity index (χ4n) is 1.47. The molecule has 0 radical (unpaired) electrons. The number of aromatic nitrogens is 1. The third-order valence-corrected chi connectivity index (χ3v) is 2.72. The second-order valence-corrected chi connectivity index (χ2v) is 4.27. The van der Waals surface area contributed by atoms with E-state index >= 15 is 0 Å². The van der Waals surface area contributed by atoms with Gasteiger partial charge in [0.2, 0.25) is 0 Å². The van der Waals surface area contributed by atoms with Crippen LogP contribution in [0.1, 0.15) is 29.6 Å². The topological polar surface area (TPSA) is 77.2 Å². The summed E-state index contributed by atoms with van der Waals surface area (Å²) in [6.45, 7) is 1.35. The van der Waals surface area contributed by atoms with Gasteiger partial charge in [-0.1, -0.05) is 11.6 Å². The molecule has 0 aliphatic rings. The lowest BCUT2D eigenvalue weighted by Gasteiger charge is -2.06. The minimum absolute atomic E-state index is 0.168. The molecule has 0 fully saturated rings. The minimum Gasteiger partial charge on any atom is -0.397 e. The molecule has 1 aromatic rings. The molecular formula is C12H18ClN3O2. The Hall–Kier alpha value is -1.33. The van der Waals surface area contributed by atoms with Crippen molar-refractivity contribution in [1.29, 1.82) is 0 Å². The Morgan fingerprint density at radius 3 is 3.00 bits per heavy atom. The van der Waals surface area contributed by atoms with Gasteiger partial charge in [-0.15, -0.1) is 0 Å². The van der Waals surface area contributed by atoms with Gasteiger partial charge >= 0.3 is 0 Å². The summed E-state index contributed by atoms with van der Waals surface area (Å²) in [5.41, 5.74) is 6.29. The zero-order chi connectivity index (χ0) is 13.4. The fourth-order valence-corrected chi connectivity index (χ4v) is 1.66. The van der Waals surface area contributed by atoms with Crippen molar-refractivity contribution >= 4 is 23.2 Å². The third kappa shape index (κ3) is 4.89. The summed E-state index contributed by atoms with van der Waals surface area (Å²) < 4.78 is 4.94. The number of carbonyl (C=O) groups excluding carboxylic acids is 1. The van der Waals surface area contributed by atoms with Gasteiger partial charge in [-0.25, -0.2) is 4.98 Å². The lowest BCUT2D eigenvalue weighted by atomic mass is 10.2. The second kappa shape index (κ2) is 7.89. The largest absolute Gasteiger partial charge is 0.397 e. The maximum Gasteiger partial charge on any atom is 0.254 e. The van der Waals surface area contributed by atoms with Crippen LogP contribution in [0.25, 0.3) is 0 Å². The van der Waals surface area contributed by atoms with Crippen molar-refractivity contribution in [2.45, 2.75) is 19.3 Å². The van der Waals surface area contributed by atoms with Crippen LogP contribution >= 0.6 is 11.6 Å². The molecule has 1 heterocycles. The number of rotatable bonds is 7. The van der Waals surface area contributed by atoms with Gasteiger partial charge in [0.1, 0.15) is 5.15 Å². The first kappa shape index (κ1) is 14.7. The Morgan fingerprint density at radius 2 is 2.28 bits per heavy atom. The molecule has 0 aromatic carbocycles. The first-order valence-corrected chi connectivity index (χ1v) is 6.21. The highest BCUT2D eigenvalue weighted by atomic mass is 35.5. The number of hydrogen-bond donors (Lipinski definition) is 2. The zero-order valence-electron chi connectivity index (χ0n) is 10.4. The predicted octanol–water partition coefficient (Wildman–Crippen LogP) is 1.86. The molecule has 6 heteroatoms. The van der Waals surface area contributed by atoms with Crippen molar-refractivity contribution in [3.63, 3.8) is 0 Å². The van der Waals surface area contributed by atoms with Crippen molar-refractivity contribution in [2.75, 3.05) is 26.0 Å². The van der Waals surface area contributed by atoms with Gasteiger partial charge in [0.25, 0.3) is 5.91 Å². The van der Waals surface area contributed by atoms with Crippen LogP contribution in [0.15, 0.2) is 12.3 Å². The van der Waals surface area contributed by atoms with Crippen LogP contribution in [-0.4, -0.2) is 31.2 Å². The van der Waals surface area contributed by atoms with E-state index in [4.69, 9.17) is 22.1 Å². The van der Waals surface area contributed by atoms with Crippen LogP contribution in [0.5, 0.6) is 0 Å². The van der Waals surface area contributed by atoms with Crippen LogP contribution in [0.4, 0.5) is 5.69 Å². The number of pyridine rings is 1. The minimum atomic E-state index is -0.244. The van der Waals surface area contributed by atoms with E-state index in [-0.39, 0.29) is 11.1 Å².